The zero-order chi connectivity index (χ0) is 16.1. The molecule has 0 aliphatic heterocycles. The number of carbonyl (C=O) groups excluding carboxylic acids is 1. The first-order valence-electron chi connectivity index (χ1n) is 7.18. The van der Waals surface area contributed by atoms with Gasteiger partial charge in [0.2, 0.25) is 0 Å². The second kappa shape index (κ2) is 6.91. The van der Waals surface area contributed by atoms with E-state index in [1.807, 2.05) is 18.2 Å². The summed E-state index contributed by atoms with van der Waals surface area (Å²) in [7, 11) is 0. The fourth-order valence-electron chi connectivity index (χ4n) is 2.16. The average Bonchev–Trinajstić information content (AvgIpc) is 3.01. The molecule has 0 unspecified atom stereocenters. The van der Waals surface area contributed by atoms with Gasteiger partial charge in [0.15, 0.2) is 18.6 Å². The molecule has 0 aliphatic rings. The molecule has 3 rings (SSSR count). The van der Waals surface area contributed by atoms with Gasteiger partial charge >= 0.3 is 0 Å². The number of benzene rings is 2. The summed E-state index contributed by atoms with van der Waals surface area (Å²) in [6.45, 7) is 0.329. The maximum atomic E-state index is 13.0. The molecule has 0 saturated heterocycles. The van der Waals surface area contributed by atoms with Gasteiger partial charge in [0.05, 0.1) is 0 Å². The van der Waals surface area contributed by atoms with E-state index in [-0.39, 0.29) is 12.5 Å². The van der Waals surface area contributed by atoms with Gasteiger partial charge < -0.3 is 14.5 Å². The smallest absolute Gasteiger partial charge is 0.257 e. The number of carbonyl (C=O) groups is 1. The second-order valence-corrected chi connectivity index (χ2v) is 5.00. The summed E-state index contributed by atoms with van der Waals surface area (Å²) >= 11 is 0. The molecule has 0 bridgehead atoms. The van der Waals surface area contributed by atoms with Gasteiger partial charge in [-0.1, -0.05) is 12.1 Å². The first-order valence-corrected chi connectivity index (χ1v) is 7.18. The number of nitrogens with zero attached hydrogens (tertiary/aromatic N) is 1. The lowest BCUT2D eigenvalue weighted by Gasteiger charge is -2.07. The highest BCUT2D eigenvalue weighted by Gasteiger charge is 2.04. The van der Waals surface area contributed by atoms with E-state index in [0.717, 1.165) is 16.7 Å². The van der Waals surface area contributed by atoms with Crippen LogP contribution in [0.1, 0.15) is 5.56 Å². The highest BCUT2D eigenvalue weighted by atomic mass is 19.1. The van der Waals surface area contributed by atoms with Crippen LogP contribution < -0.4 is 10.1 Å². The molecule has 0 fully saturated rings. The van der Waals surface area contributed by atoms with E-state index in [1.165, 1.54) is 24.6 Å². The molecule has 118 valence electrons. The summed E-state index contributed by atoms with van der Waals surface area (Å²) in [6, 6.07) is 11.4. The number of aromatic nitrogens is 1. The van der Waals surface area contributed by atoms with E-state index in [9.17, 15) is 9.18 Å². The largest absolute Gasteiger partial charge is 0.484 e. The van der Waals surface area contributed by atoms with Crippen molar-refractivity contribution in [2.75, 3.05) is 13.2 Å². The Balaban J connectivity index is 1.43. The number of nitrogens with one attached hydrogen (secondary N) is 1. The first kappa shape index (κ1) is 15.0. The van der Waals surface area contributed by atoms with E-state index < -0.39 is 5.82 Å². The Morgan fingerprint density at radius 2 is 2.17 bits per heavy atom. The summed E-state index contributed by atoms with van der Waals surface area (Å²) in [5, 5.41) is 2.75. The van der Waals surface area contributed by atoms with Crippen LogP contribution >= 0.6 is 0 Å². The average molecular weight is 314 g/mol. The minimum atomic E-state index is -0.397. The molecular weight excluding hydrogens is 299 g/mol. The Kier molecular flexibility index (Phi) is 4.52. The molecule has 1 aromatic heterocycles. The maximum absolute atomic E-state index is 13.0. The number of amides is 1. The van der Waals surface area contributed by atoms with Crippen molar-refractivity contribution in [1.82, 2.24) is 10.3 Å². The van der Waals surface area contributed by atoms with Gasteiger partial charge in [0.1, 0.15) is 17.1 Å². The molecule has 6 heteroatoms. The summed E-state index contributed by atoms with van der Waals surface area (Å²) < 4.78 is 23.4. The van der Waals surface area contributed by atoms with Gasteiger partial charge in [-0.3, -0.25) is 4.79 Å². The second-order valence-electron chi connectivity index (χ2n) is 5.00. The zero-order valence-corrected chi connectivity index (χ0v) is 12.3. The van der Waals surface area contributed by atoms with Crippen molar-refractivity contribution in [3.63, 3.8) is 0 Å². The molecular formula is C17H15FN2O3. The highest BCUT2D eigenvalue weighted by Crippen LogP contribution is 2.14. The normalized spacial score (nSPS) is 10.7. The van der Waals surface area contributed by atoms with Crippen LogP contribution in [0.5, 0.6) is 5.75 Å². The van der Waals surface area contributed by atoms with Crippen molar-refractivity contribution < 1.29 is 18.3 Å². The molecule has 0 spiro atoms. The van der Waals surface area contributed by atoms with Crippen LogP contribution in [0.25, 0.3) is 11.1 Å². The zero-order valence-electron chi connectivity index (χ0n) is 12.3. The molecule has 1 amide bonds. The maximum Gasteiger partial charge on any atom is 0.257 e. The standard InChI is InChI=1S/C17H15FN2O3/c18-13-2-1-3-14(9-13)22-10-17(21)19-7-6-12-4-5-15-16(8-12)23-11-20-15/h1-5,8-9,11H,6-7,10H2,(H,19,21). The van der Waals surface area contributed by atoms with Gasteiger partial charge in [0, 0.05) is 12.6 Å². The van der Waals surface area contributed by atoms with Crippen molar-refractivity contribution in [2.45, 2.75) is 6.42 Å². The Labute approximate surface area is 132 Å². The van der Waals surface area contributed by atoms with Gasteiger partial charge in [-0.15, -0.1) is 0 Å². The van der Waals surface area contributed by atoms with Crippen molar-refractivity contribution >= 4 is 17.0 Å². The molecule has 1 heterocycles. The summed E-state index contributed by atoms with van der Waals surface area (Å²) in [5.41, 5.74) is 2.57. The van der Waals surface area contributed by atoms with Gasteiger partial charge in [-0.25, -0.2) is 9.37 Å². The molecule has 0 saturated carbocycles. The summed E-state index contributed by atoms with van der Waals surface area (Å²) in [6.07, 6.45) is 2.07. The third kappa shape index (κ3) is 4.06. The monoisotopic (exact) mass is 314 g/mol. The van der Waals surface area contributed by atoms with Crippen molar-refractivity contribution in [3.05, 3.63) is 60.2 Å². The fourth-order valence-corrected chi connectivity index (χ4v) is 2.16. The molecule has 2 aromatic carbocycles. The first-order chi connectivity index (χ1) is 11.2. The number of ether oxygens (including phenoxy) is 1. The van der Waals surface area contributed by atoms with E-state index in [2.05, 4.69) is 10.3 Å². The molecule has 3 aromatic rings. The van der Waals surface area contributed by atoms with Crippen LogP contribution in [-0.2, 0) is 11.2 Å². The lowest BCUT2D eigenvalue weighted by atomic mass is 10.1. The van der Waals surface area contributed by atoms with Crippen molar-refractivity contribution in [2.24, 2.45) is 0 Å². The van der Waals surface area contributed by atoms with E-state index in [4.69, 9.17) is 9.15 Å². The molecule has 0 aliphatic carbocycles. The predicted molar refractivity (Wildman–Crippen MR) is 82.6 cm³/mol. The Morgan fingerprint density at radius 1 is 1.26 bits per heavy atom. The molecule has 5 nitrogen and oxygen atoms in total. The fraction of sp³-hybridized carbons (Fsp3) is 0.176. The van der Waals surface area contributed by atoms with E-state index in [1.54, 1.807) is 6.07 Å². The van der Waals surface area contributed by atoms with Crippen LogP contribution in [0.3, 0.4) is 0 Å². The number of fused-ring (bicyclic) bond motifs is 1. The SMILES string of the molecule is O=C(COc1cccc(F)c1)NCCc1ccc2ncoc2c1. The number of rotatable bonds is 6. The van der Waals surface area contributed by atoms with E-state index >= 15 is 0 Å². The van der Waals surface area contributed by atoms with Crippen molar-refractivity contribution in [1.29, 1.82) is 0 Å². The van der Waals surface area contributed by atoms with Gasteiger partial charge in [-0.05, 0) is 36.2 Å². The minimum Gasteiger partial charge on any atom is -0.484 e. The molecule has 0 radical (unpaired) electrons. The summed E-state index contributed by atoms with van der Waals surface area (Å²) in [5.74, 6) is -0.323. The quantitative estimate of drug-likeness (QED) is 0.760. The van der Waals surface area contributed by atoms with Crippen molar-refractivity contribution in [3.8, 4) is 5.75 Å². The number of halogens is 1. The Morgan fingerprint density at radius 3 is 3.04 bits per heavy atom. The van der Waals surface area contributed by atoms with Crippen LogP contribution in [-0.4, -0.2) is 24.0 Å². The lowest BCUT2D eigenvalue weighted by Crippen LogP contribution is -2.30. The van der Waals surface area contributed by atoms with Crippen LogP contribution in [0.4, 0.5) is 4.39 Å². The van der Waals surface area contributed by atoms with Crippen LogP contribution in [0.15, 0.2) is 53.3 Å². The predicted octanol–water partition coefficient (Wildman–Crippen LogP) is 2.70. The lowest BCUT2D eigenvalue weighted by molar-refractivity contribution is -0.123. The number of hydrogen-bond acceptors (Lipinski definition) is 4. The Hall–Kier alpha value is -2.89. The topological polar surface area (TPSA) is 64.4 Å². The third-order valence-electron chi connectivity index (χ3n) is 3.30. The Bertz CT molecular complexity index is 816. The third-order valence-corrected chi connectivity index (χ3v) is 3.30. The van der Waals surface area contributed by atoms with E-state index in [0.29, 0.717) is 18.7 Å². The van der Waals surface area contributed by atoms with Gasteiger partial charge in [0.25, 0.3) is 5.91 Å². The highest BCUT2D eigenvalue weighted by molar-refractivity contribution is 5.77. The minimum absolute atomic E-state index is 0.148. The van der Waals surface area contributed by atoms with Crippen LogP contribution in [0, 0.1) is 5.82 Å². The number of hydrogen-bond donors (Lipinski definition) is 1. The number of oxazole rings is 1. The van der Waals surface area contributed by atoms with Crippen LogP contribution in [0.2, 0.25) is 0 Å². The molecule has 23 heavy (non-hydrogen) atoms. The van der Waals surface area contributed by atoms with Gasteiger partial charge in [-0.2, -0.15) is 0 Å². The molecule has 1 N–H and O–H groups in total. The summed E-state index contributed by atoms with van der Waals surface area (Å²) in [4.78, 5) is 15.8. The molecule has 0 atom stereocenters.